The summed E-state index contributed by atoms with van der Waals surface area (Å²) in [6.07, 6.45) is 6.46. The zero-order chi connectivity index (χ0) is 29.3. The summed E-state index contributed by atoms with van der Waals surface area (Å²) in [5, 5.41) is 9.91. The highest BCUT2D eigenvalue weighted by molar-refractivity contribution is 6.02. The number of benzene rings is 3. The summed E-state index contributed by atoms with van der Waals surface area (Å²) in [7, 11) is 3.97. The largest absolute Gasteiger partial charge is 0.492 e. The average Bonchev–Trinajstić information content (AvgIpc) is 3.76. The molecule has 0 unspecified atom stereocenters. The molecule has 0 saturated carbocycles. The smallest absolute Gasteiger partial charge is 0.127 e. The molecule has 8 heteroatoms. The van der Waals surface area contributed by atoms with Crippen LogP contribution in [0.15, 0.2) is 79.1 Å². The van der Waals surface area contributed by atoms with Crippen molar-refractivity contribution in [3.8, 4) is 39.4 Å². The molecule has 1 saturated heterocycles. The Kier molecular flexibility index (Phi) is 7.39. The van der Waals surface area contributed by atoms with Crippen LogP contribution in [0.2, 0.25) is 0 Å². The topological polar surface area (TPSA) is 73.1 Å². The summed E-state index contributed by atoms with van der Waals surface area (Å²) in [6, 6.07) is 21.7. The molecule has 0 amide bonds. The Morgan fingerprint density at radius 1 is 0.884 bits per heavy atom. The van der Waals surface area contributed by atoms with E-state index in [0.29, 0.717) is 12.4 Å². The van der Waals surface area contributed by atoms with Crippen LogP contribution in [0.25, 0.3) is 55.4 Å². The van der Waals surface area contributed by atoms with E-state index in [9.17, 15) is 4.39 Å². The molecule has 0 bridgehead atoms. The monoisotopic (exact) mass is 574 g/mol. The number of pyridine rings is 1. The molecule has 3 aromatic carbocycles. The number of ether oxygens (including phenoxy) is 1. The first-order valence-electron chi connectivity index (χ1n) is 14.9. The fourth-order valence-electron chi connectivity index (χ4n) is 6.01. The van der Waals surface area contributed by atoms with Gasteiger partial charge in [-0.1, -0.05) is 18.2 Å². The molecule has 1 fully saturated rings. The summed E-state index contributed by atoms with van der Waals surface area (Å²) < 4.78 is 20.5. The summed E-state index contributed by atoms with van der Waals surface area (Å²) >= 11 is 0. The molecule has 218 valence electrons. The number of likely N-dealkylation sites (tertiary alicyclic amines) is 1. The van der Waals surface area contributed by atoms with E-state index >= 15 is 0 Å². The molecular weight excluding hydrogens is 539 g/mol. The van der Waals surface area contributed by atoms with E-state index in [2.05, 4.69) is 50.3 Å². The van der Waals surface area contributed by atoms with Gasteiger partial charge in [0.25, 0.3) is 0 Å². The molecule has 7 nitrogen and oxygen atoms in total. The number of hydrogen-bond acceptors (Lipinski definition) is 5. The Labute approximate surface area is 250 Å². The highest BCUT2D eigenvalue weighted by Crippen LogP contribution is 2.36. The molecule has 4 heterocycles. The summed E-state index contributed by atoms with van der Waals surface area (Å²) in [5.74, 6) is 0.198. The van der Waals surface area contributed by atoms with Gasteiger partial charge in [0.2, 0.25) is 0 Å². The van der Waals surface area contributed by atoms with Crippen molar-refractivity contribution in [1.82, 2.24) is 30.0 Å². The first kappa shape index (κ1) is 27.3. The SMILES string of the molecule is CN(C)CCOc1cc(F)cc(-c2cccc3[nH]c(-c4n[nH]c5ccc(-c6cncc(CN7CCCC7)c6)cc45)cc23)c1. The number of nitrogens with zero attached hydrogens (tertiary/aromatic N) is 4. The van der Waals surface area contributed by atoms with Gasteiger partial charge >= 0.3 is 0 Å². The van der Waals surface area contributed by atoms with Crippen molar-refractivity contribution in [2.24, 2.45) is 0 Å². The normalized spacial score (nSPS) is 14.0. The Morgan fingerprint density at radius 3 is 2.63 bits per heavy atom. The molecule has 2 N–H and O–H groups in total. The van der Waals surface area contributed by atoms with Crippen molar-refractivity contribution >= 4 is 21.8 Å². The number of likely N-dealkylation sites (N-methyl/N-ethyl adjacent to an activating group) is 1. The number of aromatic nitrogens is 4. The highest BCUT2D eigenvalue weighted by atomic mass is 19.1. The Morgan fingerprint density at radius 2 is 1.77 bits per heavy atom. The quantitative estimate of drug-likeness (QED) is 0.192. The van der Waals surface area contributed by atoms with Crippen LogP contribution in [0.1, 0.15) is 18.4 Å². The number of rotatable bonds is 9. The number of halogens is 1. The van der Waals surface area contributed by atoms with Crippen LogP contribution < -0.4 is 4.74 Å². The predicted octanol–water partition coefficient (Wildman–Crippen LogP) is 7.12. The van der Waals surface area contributed by atoms with Crippen molar-refractivity contribution in [3.05, 3.63) is 90.5 Å². The number of nitrogens with one attached hydrogen (secondary N) is 2. The third-order valence-corrected chi connectivity index (χ3v) is 8.20. The van der Waals surface area contributed by atoms with Gasteiger partial charge in [0, 0.05) is 53.4 Å². The number of hydrogen-bond donors (Lipinski definition) is 2. The molecule has 0 aliphatic carbocycles. The van der Waals surface area contributed by atoms with E-state index in [4.69, 9.17) is 9.84 Å². The van der Waals surface area contributed by atoms with E-state index in [1.54, 1.807) is 6.07 Å². The number of H-pyrrole nitrogens is 2. The molecule has 0 atom stereocenters. The van der Waals surface area contributed by atoms with Crippen molar-refractivity contribution in [3.63, 3.8) is 0 Å². The van der Waals surface area contributed by atoms with Gasteiger partial charge in [0.1, 0.15) is 23.9 Å². The van der Waals surface area contributed by atoms with E-state index in [1.165, 1.54) is 24.5 Å². The lowest BCUT2D eigenvalue weighted by molar-refractivity contribution is 0.260. The van der Waals surface area contributed by atoms with E-state index in [0.717, 1.165) is 81.6 Å². The minimum Gasteiger partial charge on any atom is -0.492 e. The zero-order valence-electron chi connectivity index (χ0n) is 24.5. The molecule has 3 aromatic heterocycles. The van der Waals surface area contributed by atoms with Gasteiger partial charge in [-0.15, -0.1) is 0 Å². The van der Waals surface area contributed by atoms with E-state index < -0.39 is 0 Å². The number of aromatic amines is 2. The molecular formula is C35H35FN6O. The standard InChI is InChI=1S/C35H35FN6O/c1-41(2)12-13-43-28-16-25(15-27(36)18-28)29-6-5-7-32-30(29)19-34(38-32)35-31-17-24(8-9-33(31)39-40-35)26-14-23(20-37-21-26)22-42-10-3-4-11-42/h5-9,14-21,38H,3-4,10-13,22H2,1-2H3,(H,39,40). The predicted molar refractivity (Wildman–Crippen MR) is 171 cm³/mol. The van der Waals surface area contributed by atoms with Crippen LogP contribution in [0.3, 0.4) is 0 Å². The summed E-state index contributed by atoms with van der Waals surface area (Å²) in [6.45, 7) is 4.49. The van der Waals surface area contributed by atoms with Gasteiger partial charge in [-0.25, -0.2) is 4.39 Å². The zero-order valence-corrected chi connectivity index (χ0v) is 24.5. The fourth-order valence-corrected chi connectivity index (χ4v) is 6.01. The van der Waals surface area contributed by atoms with Crippen molar-refractivity contribution in [2.45, 2.75) is 19.4 Å². The van der Waals surface area contributed by atoms with Gasteiger partial charge in [0.15, 0.2) is 0 Å². The Bertz CT molecular complexity index is 1900. The Balaban J connectivity index is 1.22. The third kappa shape index (κ3) is 5.76. The molecule has 6 aromatic rings. The minimum atomic E-state index is -0.324. The second-order valence-electron chi connectivity index (χ2n) is 11.7. The lowest BCUT2D eigenvalue weighted by Crippen LogP contribution is -2.19. The second kappa shape index (κ2) is 11.6. The third-order valence-electron chi connectivity index (χ3n) is 8.20. The van der Waals surface area contributed by atoms with Crippen molar-refractivity contribution < 1.29 is 9.13 Å². The lowest BCUT2D eigenvalue weighted by Gasteiger charge is -2.14. The van der Waals surface area contributed by atoms with E-state index in [-0.39, 0.29) is 5.82 Å². The first-order chi connectivity index (χ1) is 21.0. The van der Waals surface area contributed by atoms with Gasteiger partial charge < -0.3 is 14.6 Å². The van der Waals surface area contributed by atoms with Crippen molar-refractivity contribution in [2.75, 3.05) is 40.3 Å². The maximum atomic E-state index is 14.7. The van der Waals surface area contributed by atoms with Crippen LogP contribution in [-0.2, 0) is 6.54 Å². The summed E-state index contributed by atoms with van der Waals surface area (Å²) in [4.78, 5) is 12.6. The molecule has 1 aliphatic heterocycles. The molecule has 43 heavy (non-hydrogen) atoms. The fraction of sp³-hybridized carbons (Fsp3) is 0.257. The minimum absolute atomic E-state index is 0.324. The Hall–Kier alpha value is -4.53. The highest BCUT2D eigenvalue weighted by Gasteiger charge is 2.16. The van der Waals surface area contributed by atoms with Crippen LogP contribution >= 0.6 is 0 Å². The van der Waals surface area contributed by atoms with Gasteiger partial charge in [-0.2, -0.15) is 5.10 Å². The first-order valence-corrected chi connectivity index (χ1v) is 14.9. The van der Waals surface area contributed by atoms with E-state index in [1.807, 2.05) is 55.7 Å². The van der Waals surface area contributed by atoms with Gasteiger partial charge in [-0.3, -0.25) is 15.0 Å². The van der Waals surface area contributed by atoms with Gasteiger partial charge in [-0.05, 0) is 105 Å². The maximum absolute atomic E-state index is 14.7. The second-order valence-corrected chi connectivity index (χ2v) is 11.7. The summed E-state index contributed by atoms with van der Waals surface area (Å²) in [5.41, 5.74) is 8.78. The lowest BCUT2D eigenvalue weighted by atomic mass is 10.0. The molecule has 7 rings (SSSR count). The molecule has 1 aliphatic rings. The van der Waals surface area contributed by atoms with Gasteiger partial charge in [0.05, 0.1) is 11.2 Å². The number of fused-ring (bicyclic) bond motifs is 2. The van der Waals surface area contributed by atoms with Crippen LogP contribution in [0.5, 0.6) is 5.75 Å². The van der Waals surface area contributed by atoms with Crippen molar-refractivity contribution in [1.29, 1.82) is 0 Å². The maximum Gasteiger partial charge on any atom is 0.127 e. The van der Waals surface area contributed by atoms with Crippen LogP contribution in [-0.4, -0.2) is 70.3 Å². The van der Waals surface area contributed by atoms with Crippen LogP contribution in [0.4, 0.5) is 4.39 Å². The molecule has 0 radical (unpaired) electrons. The average molecular weight is 575 g/mol. The van der Waals surface area contributed by atoms with Crippen LogP contribution in [0, 0.1) is 5.82 Å². The molecule has 0 spiro atoms.